The highest BCUT2D eigenvalue weighted by Gasteiger charge is 2.20. The first-order valence-electron chi connectivity index (χ1n) is 6.84. The van der Waals surface area contributed by atoms with Gasteiger partial charge in [-0.15, -0.1) is 0 Å². The topological polar surface area (TPSA) is 29.5 Å². The maximum absolute atomic E-state index is 12.2. The summed E-state index contributed by atoms with van der Waals surface area (Å²) in [5.74, 6) is 0.0476. The molecule has 1 aliphatic heterocycles. The quantitative estimate of drug-likeness (QED) is 0.776. The zero-order valence-corrected chi connectivity index (χ0v) is 13.1. The molecule has 0 aliphatic carbocycles. The summed E-state index contributed by atoms with van der Waals surface area (Å²) in [5.41, 5.74) is 0.519. The van der Waals surface area contributed by atoms with Crippen LogP contribution in [0, 0.1) is 0 Å². The first kappa shape index (κ1) is 15.8. The van der Waals surface area contributed by atoms with Gasteiger partial charge in [-0.25, -0.2) is 0 Å². The molecule has 5 heteroatoms. The molecule has 20 heavy (non-hydrogen) atoms. The largest absolute Gasteiger partial charge is 0.381 e. The first-order chi connectivity index (χ1) is 9.61. The van der Waals surface area contributed by atoms with Crippen LogP contribution >= 0.6 is 23.2 Å². The molecule has 0 saturated carbocycles. The average Bonchev–Trinajstić information content (AvgIpc) is 2.48. The normalized spacial score (nSPS) is 17.4. The van der Waals surface area contributed by atoms with Gasteiger partial charge in [-0.3, -0.25) is 4.79 Å². The number of methoxy groups -OCH3 is 1. The molecule has 0 atom stereocenters. The van der Waals surface area contributed by atoms with Gasteiger partial charge in [0.1, 0.15) is 0 Å². The Morgan fingerprint density at radius 2 is 2.05 bits per heavy atom. The number of halogens is 2. The number of nitrogens with zero attached hydrogens (tertiary/aromatic N) is 1. The van der Waals surface area contributed by atoms with Crippen molar-refractivity contribution in [3.05, 3.63) is 33.8 Å². The van der Waals surface area contributed by atoms with Crippen molar-refractivity contribution in [2.75, 3.05) is 26.7 Å². The van der Waals surface area contributed by atoms with E-state index in [9.17, 15) is 4.79 Å². The molecule has 0 aromatic heterocycles. The predicted octanol–water partition coefficient (Wildman–Crippen LogP) is 3.68. The Bertz CT molecular complexity index is 471. The second-order valence-electron chi connectivity index (χ2n) is 5.05. The number of carbonyl (C=O) groups is 1. The van der Waals surface area contributed by atoms with Crippen LogP contribution < -0.4 is 0 Å². The molecule has 0 radical (unpaired) electrons. The maximum atomic E-state index is 12.2. The van der Waals surface area contributed by atoms with Crippen LogP contribution in [0.5, 0.6) is 0 Å². The molecule has 2 rings (SSSR count). The Kier molecular flexibility index (Phi) is 5.85. The maximum Gasteiger partial charge on any atom is 0.165 e. The number of ketones is 1. The summed E-state index contributed by atoms with van der Waals surface area (Å²) in [7, 11) is 1.75. The predicted molar refractivity (Wildman–Crippen MR) is 81.9 cm³/mol. The zero-order valence-electron chi connectivity index (χ0n) is 11.6. The summed E-state index contributed by atoms with van der Waals surface area (Å²) in [6.07, 6.45) is 2.90. The number of ether oxygens (including phenoxy) is 1. The fraction of sp³-hybridized carbons (Fsp3) is 0.533. The van der Waals surface area contributed by atoms with E-state index in [0.29, 0.717) is 28.1 Å². The van der Waals surface area contributed by atoms with Crippen LogP contribution in [-0.2, 0) is 4.74 Å². The highest BCUT2D eigenvalue weighted by Crippen LogP contribution is 2.26. The van der Waals surface area contributed by atoms with Gasteiger partial charge in [-0.05, 0) is 25.0 Å². The van der Waals surface area contributed by atoms with E-state index >= 15 is 0 Å². The molecule has 1 aromatic carbocycles. The second-order valence-corrected chi connectivity index (χ2v) is 5.84. The van der Waals surface area contributed by atoms with Gasteiger partial charge in [0.05, 0.1) is 16.1 Å². The van der Waals surface area contributed by atoms with Crippen LogP contribution in [0.25, 0.3) is 0 Å². The molecule has 0 bridgehead atoms. The Balaban J connectivity index is 1.85. The van der Waals surface area contributed by atoms with Crippen molar-refractivity contribution in [1.29, 1.82) is 0 Å². The number of hydrogen-bond donors (Lipinski definition) is 0. The van der Waals surface area contributed by atoms with E-state index in [2.05, 4.69) is 4.90 Å². The van der Waals surface area contributed by atoms with E-state index in [1.807, 2.05) is 0 Å². The Morgan fingerprint density at radius 1 is 1.35 bits per heavy atom. The van der Waals surface area contributed by atoms with E-state index in [1.54, 1.807) is 25.3 Å². The monoisotopic (exact) mass is 315 g/mol. The van der Waals surface area contributed by atoms with Gasteiger partial charge in [-0.1, -0.05) is 29.3 Å². The van der Waals surface area contributed by atoms with Gasteiger partial charge in [0.25, 0.3) is 0 Å². The molecule has 110 valence electrons. The van der Waals surface area contributed by atoms with Crippen LogP contribution in [0.2, 0.25) is 10.0 Å². The van der Waals surface area contributed by atoms with E-state index in [-0.39, 0.29) is 5.78 Å². The molecule has 0 unspecified atom stereocenters. The average molecular weight is 316 g/mol. The molecule has 0 N–H and O–H groups in total. The number of carbonyl (C=O) groups excluding carboxylic acids is 1. The lowest BCUT2D eigenvalue weighted by Gasteiger charge is -2.30. The minimum atomic E-state index is 0.0476. The Hall–Kier alpha value is -0.610. The van der Waals surface area contributed by atoms with Gasteiger partial charge in [0.15, 0.2) is 5.78 Å². The van der Waals surface area contributed by atoms with E-state index in [0.717, 1.165) is 32.5 Å². The van der Waals surface area contributed by atoms with Crippen molar-refractivity contribution >= 4 is 29.0 Å². The third kappa shape index (κ3) is 3.95. The van der Waals surface area contributed by atoms with Crippen molar-refractivity contribution in [2.24, 2.45) is 0 Å². The lowest BCUT2D eigenvalue weighted by Crippen LogP contribution is -2.37. The van der Waals surface area contributed by atoms with Gasteiger partial charge in [0.2, 0.25) is 0 Å². The lowest BCUT2D eigenvalue weighted by molar-refractivity contribution is 0.0406. The fourth-order valence-electron chi connectivity index (χ4n) is 2.48. The molecule has 0 spiro atoms. The van der Waals surface area contributed by atoms with Crippen molar-refractivity contribution in [1.82, 2.24) is 4.90 Å². The molecule has 0 amide bonds. The molecule has 1 aromatic rings. The summed E-state index contributed by atoms with van der Waals surface area (Å²) in [4.78, 5) is 14.5. The van der Waals surface area contributed by atoms with E-state index < -0.39 is 0 Å². The van der Waals surface area contributed by atoms with Crippen LogP contribution in [0.15, 0.2) is 18.2 Å². The fourth-order valence-corrected chi connectivity index (χ4v) is 2.89. The van der Waals surface area contributed by atoms with Crippen LogP contribution in [0.3, 0.4) is 0 Å². The minimum absolute atomic E-state index is 0.0476. The third-order valence-corrected chi connectivity index (χ3v) is 4.59. The first-order valence-corrected chi connectivity index (χ1v) is 7.59. The van der Waals surface area contributed by atoms with Crippen molar-refractivity contribution in [3.8, 4) is 0 Å². The summed E-state index contributed by atoms with van der Waals surface area (Å²) < 4.78 is 5.34. The van der Waals surface area contributed by atoms with Crippen LogP contribution in [-0.4, -0.2) is 43.5 Å². The smallest absolute Gasteiger partial charge is 0.165 e. The highest BCUT2D eigenvalue weighted by molar-refractivity contribution is 6.43. The molecular formula is C15H19Cl2NO2. The van der Waals surface area contributed by atoms with E-state index in [4.69, 9.17) is 27.9 Å². The Morgan fingerprint density at radius 3 is 2.70 bits per heavy atom. The summed E-state index contributed by atoms with van der Waals surface area (Å²) in [6, 6.07) is 5.18. The molecular weight excluding hydrogens is 297 g/mol. The highest BCUT2D eigenvalue weighted by atomic mass is 35.5. The number of likely N-dealkylation sites (tertiary alicyclic amines) is 1. The van der Waals surface area contributed by atoms with Crippen LogP contribution in [0.4, 0.5) is 0 Å². The zero-order chi connectivity index (χ0) is 14.5. The number of piperidine rings is 1. The lowest BCUT2D eigenvalue weighted by atomic mass is 10.1. The van der Waals surface area contributed by atoms with Crippen LogP contribution in [0.1, 0.15) is 29.6 Å². The second kappa shape index (κ2) is 7.41. The number of hydrogen-bond acceptors (Lipinski definition) is 3. The van der Waals surface area contributed by atoms with Crippen molar-refractivity contribution in [2.45, 2.75) is 25.4 Å². The van der Waals surface area contributed by atoms with E-state index in [1.165, 1.54) is 0 Å². The third-order valence-electron chi connectivity index (χ3n) is 3.78. The van der Waals surface area contributed by atoms with Crippen molar-refractivity contribution < 1.29 is 9.53 Å². The Labute approximate surface area is 129 Å². The molecule has 1 saturated heterocycles. The SMILES string of the molecule is COC1CCN(CCC(=O)c2cccc(Cl)c2Cl)CC1. The van der Waals surface area contributed by atoms with Gasteiger partial charge in [-0.2, -0.15) is 0 Å². The summed E-state index contributed by atoms with van der Waals surface area (Å²) >= 11 is 12.0. The molecule has 1 heterocycles. The standard InChI is InChI=1S/C15H19Cl2NO2/c1-20-11-5-8-18(9-6-11)10-7-14(19)12-3-2-4-13(16)15(12)17/h2-4,11H,5-10H2,1H3. The number of Topliss-reactive ketones (excluding diaryl/α,β-unsaturated/α-hetero) is 1. The minimum Gasteiger partial charge on any atom is -0.381 e. The van der Waals surface area contributed by atoms with Gasteiger partial charge in [0, 0.05) is 38.7 Å². The van der Waals surface area contributed by atoms with Gasteiger partial charge < -0.3 is 9.64 Å². The summed E-state index contributed by atoms with van der Waals surface area (Å²) in [6.45, 7) is 2.72. The number of rotatable bonds is 5. The van der Waals surface area contributed by atoms with Crippen molar-refractivity contribution in [3.63, 3.8) is 0 Å². The molecule has 1 fully saturated rings. The molecule has 1 aliphatic rings. The summed E-state index contributed by atoms with van der Waals surface area (Å²) in [5, 5.41) is 0.788. The molecule has 3 nitrogen and oxygen atoms in total. The number of benzene rings is 1. The van der Waals surface area contributed by atoms with Gasteiger partial charge >= 0.3 is 0 Å².